The maximum absolute atomic E-state index is 5.78. The third-order valence-corrected chi connectivity index (χ3v) is 5.43. The maximum Gasteiger partial charge on any atom is 0.200 e. The van der Waals surface area contributed by atoms with Gasteiger partial charge in [0.15, 0.2) is 28.7 Å². The molecule has 1 atom stereocenters. The molecule has 0 bridgehead atoms. The average molecular weight is 403 g/mol. The second-order valence-corrected chi connectivity index (χ2v) is 7.04. The number of anilines is 1. The van der Waals surface area contributed by atoms with Gasteiger partial charge < -0.3 is 18.8 Å². The highest BCUT2D eigenvalue weighted by atomic mass is 16.5. The fourth-order valence-electron chi connectivity index (χ4n) is 4.07. The Morgan fingerprint density at radius 1 is 1.07 bits per heavy atom. The Kier molecular flexibility index (Phi) is 4.46. The molecule has 0 aliphatic carbocycles. The highest BCUT2D eigenvalue weighted by molar-refractivity contribution is 5.86. The van der Waals surface area contributed by atoms with Crippen molar-refractivity contribution < 1.29 is 13.9 Å². The van der Waals surface area contributed by atoms with E-state index < -0.39 is 0 Å². The largest absolute Gasteiger partial charge is 0.493 e. The van der Waals surface area contributed by atoms with Crippen LogP contribution in [0.3, 0.4) is 0 Å². The van der Waals surface area contributed by atoms with Gasteiger partial charge in [0.2, 0.25) is 5.82 Å². The summed E-state index contributed by atoms with van der Waals surface area (Å²) in [6.07, 6.45) is 5.90. The minimum Gasteiger partial charge on any atom is -0.493 e. The van der Waals surface area contributed by atoms with Crippen LogP contribution in [0.1, 0.15) is 30.5 Å². The fourth-order valence-corrected chi connectivity index (χ4v) is 4.07. The highest BCUT2D eigenvalue weighted by Gasteiger charge is 2.34. The Labute approximate surface area is 173 Å². The molecule has 5 rings (SSSR count). The first kappa shape index (κ1) is 18.4. The molecule has 1 aliphatic rings. The van der Waals surface area contributed by atoms with Gasteiger partial charge >= 0.3 is 0 Å². The van der Waals surface area contributed by atoms with E-state index in [9.17, 15) is 0 Å². The molecule has 1 aliphatic heterocycles. The van der Waals surface area contributed by atoms with Gasteiger partial charge in [0, 0.05) is 25.0 Å². The lowest BCUT2D eigenvalue weighted by Gasteiger charge is -2.25. The second-order valence-electron chi connectivity index (χ2n) is 7.04. The molecule has 1 aromatic carbocycles. The summed E-state index contributed by atoms with van der Waals surface area (Å²) in [7, 11) is 3.30. The van der Waals surface area contributed by atoms with Crippen molar-refractivity contribution in [2.45, 2.75) is 25.9 Å². The van der Waals surface area contributed by atoms with E-state index in [1.807, 2.05) is 12.1 Å². The number of hydrogen-bond donors (Lipinski definition) is 0. The normalized spacial score (nSPS) is 15.4. The number of hydrogen-bond acceptors (Lipinski definition) is 8. The smallest absolute Gasteiger partial charge is 0.200 e. The molecule has 152 valence electrons. The number of aromatic nitrogens is 4. The quantitative estimate of drug-likeness (QED) is 0.491. The molecule has 0 amide bonds. The summed E-state index contributed by atoms with van der Waals surface area (Å²) >= 11 is 0. The van der Waals surface area contributed by atoms with Crippen LogP contribution in [0.2, 0.25) is 0 Å². The number of ether oxygens (including phenoxy) is 2. The zero-order chi connectivity index (χ0) is 20.7. The van der Waals surface area contributed by atoms with E-state index in [-0.39, 0.29) is 6.04 Å². The van der Waals surface area contributed by atoms with E-state index in [1.165, 1.54) is 11.1 Å². The van der Waals surface area contributed by atoms with Gasteiger partial charge in [0.25, 0.3) is 0 Å². The van der Waals surface area contributed by atoms with E-state index in [0.717, 1.165) is 29.3 Å². The summed E-state index contributed by atoms with van der Waals surface area (Å²) in [4.78, 5) is 20.3. The van der Waals surface area contributed by atoms with Gasteiger partial charge in [-0.3, -0.25) is 0 Å². The predicted molar refractivity (Wildman–Crippen MR) is 112 cm³/mol. The van der Waals surface area contributed by atoms with Crippen LogP contribution in [0.25, 0.3) is 22.7 Å². The minimum absolute atomic E-state index is 0.118. The third kappa shape index (κ3) is 2.83. The van der Waals surface area contributed by atoms with Crippen molar-refractivity contribution in [2.24, 2.45) is 0 Å². The SMILES string of the molecule is CCC1c2cc(OC)c(OC)cc2CN1c1nc(-c2ncccn2)nc2ccoc12. The van der Waals surface area contributed by atoms with Gasteiger partial charge in [-0.05, 0) is 35.7 Å². The summed E-state index contributed by atoms with van der Waals surface area (Å²) in [5, 5.41) is 0. The molecule has 0 fully saturated rings. The fraction of sp³-hybridized carbons (Fsp3) is 0.273. The molecule has 4 heterocycles. The number of benzene rings is 1. The van der Waals surface area contributed by atoms with Gasteiger partial charge in [-0.25, -0.2) is 19.9 Å². The van der Waals surface area contributed by atoms with Crippen molar-refractivity contribution in [3.8, 4) is 23.1 Å². The molecule has 0 N–H and O–H groups in total. The summed E-state index contributed by atoms with van der Waals surface area (Å²) < 4.78 is 16.8. The summed E-state index contributed by atoms with van der Waals surface area (Å²) in [6, 6.07) is 7.82. The second kappa shape index (κ2) is 7.29. The van der Waals surface area contributed by atoms with Gasteiger partial charge in [-0.2, -0.15) is 0 Å². The monoisotopic (exact) mass is 403 g/mol. The van der Waals surface area contributed by atoms with Crippen molar-refractivity contribution in [3.63, 3.8) is 0 Å². The van der Waals surface area contributed by atoms with Gasteiger partial charge in [-0.1, -0.05) is 6.92 Å². The van der Waals surface area contributed by atoms with Crippen LogP contribution in [0.4, 0.5) is 5.82 Å². The molecule has 0 saturated heterocycles. The summed E-state index contributed by atoms with van der Waals surface area (Å²) in [5.74, 6) is 3.13. The number of fused-ring (bicyclic) bond motifs is 2. The molecule has 0 radical (unpaired) electrons. The minimum atomic E-state index is 0.118. The molecule has 3 aromatic heterocycles. The Morgan fingerprint density at radius 3 is 2.57 bits per heavy atom. The zero-order valence-electron chi connectivity index (χ0n) is 17.0. The molecule has 8 nitrogen and oxygen atoms in total. The topological polar surface area (TPSA) is 86.4 Å². The van der Waals surface area contributed by atoms with Crippen LogP contribution < -0.4 is 14.4 Å². The number of furan rings is 1. The van der Waals surface area contributed by atoms with Gasteiger partial charge in [-0.15, -0.1) is 0 Å². The molecule has 0 saturated carbocycles. The van der Waals surface area contributed by atoms with E-state index in [1.54, 1.807) is 38.9 Å². The molecule has 8 heteroatoms. The van der Waals surface area contributed by atoms with Crippen molar-refractivity contribution in [3.05, 3.63) is 54.0 Å². The van der Waals surface area contributed by atoms with Crippen LogP contribution in [-0.2, 0) is 6.54 Å². The summed E-state index contributed by atoms with van der Waals surface area (Å²) in [5.41, 5.74) is 3.75. The molecule has 1 unspecified atom stereocenters. The maximum atomic E-state index is 5.78. The Bertz CT molecular complexity index is 1210. The van der Waals surface area contributed by atoms with Crippen LogP contribution in [0, 0.1) is 0 Å². The van der Waals surface area contributed by atoms with Crippen molar-refractivity contribution in [1.82, 2.24) is 19.9 Å². The third-order valence-electron chi connectivity index (χ3n) is 5.43. The van der Waals surface area contributed by atoms with Crippen molar-refractivity contribution in [1.29, 1.82) is 0 Å². The summed E-state index contributed by atoms with van der Waals surface area (Å²) in [6.45, 7) is 2.83. The lowest BCUT2D eigenvalue weighted by Crippen LogP contribution is -2.22. The number of nitrogens with zero attached hydrogens (tertiary/aromatic N) is 5. The van der Waals surface area contributed by atoms with E-state index in [2.05, 4.69) is 32.8 Å². The van der Waals surface area contributed by atoms with Crippen molar-refractivity contribution >= 4 is 16.9 Å². The van der Waals surface area contributed by atoms with Crippen LogP contribution in [0.5, 0.6) is 11.5 Å². The van der Waals surface area contributed by atoms with E-state index in [0.29, 0.717) is 23.8 Å². The number of rotatable bonds is 5. The molecule has 4 aromatic rings. The molecule has 30 heavy (non-hydrogen) atoms. The Balaban J connectivity index is 1.65. The van der Waals surface area contributed by atoms with Gasteiger partial charge in [0.05, 0.1) is 26.5 Å². The van der Waals surface area contributed by atoms with Crippen molar-refractivity contribution in [2.75, 3.05) is 19.1 Å². The van der Waals surface area contributed by atoms with E-state index in [4.69, 9.17) is 18.9 Å². The zero-order valence-corrected chi connectivity index (χ0v) is 17.0. The van der Waals surface area contributed by atoms with Gasteiger partial charge in [0.1, 0.15) is 5.52 Å². The average Bonchev–Trinajstić information content (AvgIpc) is 3.41. The first-order valence-corrected chi connectivity index (χ1v) is 9.77. The highest BCUT2D eigenvalue weighted by Crippen LogP contribution is 2.45. The number of methoxy groups -OCH3 is 2. The predicted octanol–water partition coefficient (Wildman–Crippen LogP) is 4.17. The Hall–Kier alpha value is -3.68. The van der Waals surface area contributed by atoms with Crippen LogP contribution >= 0.6 is 0 Å². The molecular formula is C22H21N5O3. The molecule has 0 spiro atoms. The van der Waals surface area contributed by atoms with Crippen LogP contribution in [0.15, 0.2) is 47.3 Å². The lowest BCUT2D eigenvalue weighted by molar-refractivity contribution is 0.354. The molecular weight excluding hydrogens is 382 g/mol. The van der Waals surface area contributed by atoms with Crippen LogP contribution in [-0.4, -0.2) is 34.2 Å². The Morgan fingerprint density at radius 2 is 1.83 bits per heavy atom. The first-order chi connectivity index (χ1) is 14.7. The first-order valence-electron chi connectivity index (χ1n) is 9.77. The standard InChI is InChI=1S/C22H21N5O3/c1-4-16-14-11-18(29-3)17(28-2)10-13(14)12-27(16)22-19-15(6-9-30-19)25-21(26-22)20-23-7-5-8-24-20/h5-11,16H,4,12H2,1-3H3. The van der Waals surface area contributed by atoms with E-state index >= 15 is 0 Å². The lowest BCUT2D eigenvalue weighted by atomic mass is 10.0.